The second kappa shape index (κ2) is 9.99. The quantitative estimate of drug-likeness (QED) is 0.301. The molecule has 144 valence electrons. The lowest BCUT2D eigenvalue weighted by molar-refractivity contribution is -0.136. The molecule has 1 amide bonds. The van der Waals surface area contributed by atoms with Gasteiger partial charge >= 0.3 is 5.97 Å². The first-order chi connectivity index (χ1) is 12.8. The highest BCUT2D eigenvalue weighted by molar-refractivity contribution is 7.14. The van der Waals surface area contributed by atoms with Crippen LogP contribution in [-0.4, -0.2) is 29.4 Å². The molecule has 2 aromatic rings. The van der Waals surface area contributed by atoms with Gasteiger partial charge in [0.25, 0.3) is 5.91 Å². The van der Waals surface area contributed by atoms with Crippen LogP contribution in [0, 0.1) is 11.3 Å². The van der Waals surface area contributed by atoms with Gasteiger partial charge in [-0.1, -0.05) is 26.0 Å². The maximum Gasteiger partial charge on any atom is 0.304 e. The van der Waals surface area contributed by atoms with Crippen LogP contribution in [0.3, 0.4) is 0 Å². The number of carboxylic acid groups (broad SMARTS) is 1. The lowest BCUT2D eigenvalue weighted by atomic mass is 10.0. The summed E-state index contributed by atoms with van der Waals surface area (Å²) in [7, 11) is 0. The molecule has 0 saturated carbocycles. The number of amidine groups is 1. The van der Waals surface area contributed by atoms with Crippen LogP contribution >= 0.6 is 11.3 Å². The number of hydrogen-bond acceptors (Lipinski definition) is 5. The summed E-state index contributed by atoms with van der Waals surface area (Å²) >= 11 is 1.40. The van der Waals surface area contributed by atoms with Crippen molar-refractivity contribution in [3.63, 3.8) is 0 Å². The van der Waals surface area contributed by atoms with Gasteiger partial charge in [0.2, 0.25) is 0 Å². The van der Waals surface area contributed by atoms with E-state index in [0.29, 0.717) is 29.4 Å². The lowest BCUT2D eigenvalue weighted by Gasteiger charge is -2.07. The average Bonchev–Trinajstić information content (AvgIpc) is 3.07. The zero-order chi connectivity index (χ0) is 19.8. The highest BCUT2D eigenvalue weighted by atomic mass is 32.1. The van der Waals surface area contributed by atoms with Crippen molar-refractivity contribution in [2.75, 3.05) is 6.54 Å². The molecule has 2 rings (SSSR count). The first kappa shape index (κ1) is 20.8. The van der Waals surface area contributed by atoms with Gasteiger partial charge in [0.15, 0.2) is 0 Å². The van der Waals surface area contributed by atoms with Crippen molar-refractivity contribution in [2.45, 2.75) is 33.2 Å². The van der Waals surface area contributed by atoms with Crippen molar-refractivity contribution in [3.8, 4) is 0 Å². The fraction of sp³-hybridized carbons (Fsp3) is 0.350. The third-order valence-corrected chi connectivity index (χ3v) is 4.92. The minimum Gasteiger partial charge on any atom is -0.481 e. The van der Waals surface area contributed by atoms with Crippen molar-refractivity contribution in [1.29, 1.82) is 5.41 Å². The van der Waals surface area contributed by atoms with Crippen LogP contribution in [0.15, 0.2) is 36.4 Å². The molecule has 0 saturated heterocycles. The van der Waals surface area contributed by atoms with Crippen LogP contribution < -0.4 is 10.6 Å². The number of aliphatic carboxylic acids is 1. The molecule has 0 unspecified atom stereocenters. The Morgan fingerprint density at radius 2 is 1.85 bits per heavy atom. The lowest BCUT2D eigenvalue weighted by Crippen LogP contribution is -2.29. The fourth-order valence-electron chi connectivity index (χ4n) is 2.53. The summed E-state index contributed by atoms with van der Waals surface area (Å²) in [6.07, 6.45) is 1.04. The molecule has 0 aliphatic heterocycles. The molecule has 0 spiro atoms. The second-order valence-corrected chi connectivity index (χ2v) is 7.88. The van der Waals surface area contributed by atoms with Gasteiger partial charge in [-0.25, -0.2) is 0 Å². The minimum absolute atomic E-state index is 0.0630. The summed E-state index contributed by atoms with van der Waals surface area (Å²) in [6.45, 7) is 5.23. The topological polar surface area (TPSA) is 102 Å². The first-order valence-corrected chi connectivity index (χ1v) is 9.67. The minimum atomic E-state index is -0.837. The number of thiophene rings is 1. The smallest absolute Gasteiger partial charge is 0.304 e. The Morgan fingerprint density at radius 1 is 1.15 bits per heavy atom. The highest BCUT2D eigenvalue weighted by Crippen LogP contribution is 2.16. The normalized spacial score (nSPS) is 10.8. The average molecular weight is 388 g/mol. The van der Waals surface area contributed by atoms with E-state index >= 15 is 0 Å². The molecule has 0 bridgehead atoms. The molecule has 0 aliphatic rings. The SMILES string of the molecule is CC(C)Cc1ccc(C(=O)NC(=N)c2ccc(CNCCC(=O)O)s2)cc1. The molecule has 0 aliphatic carbocycles. The van der Waals surface area contributed by atoms with E-state index in [1.807, 2.05) is 18.2 Å². The second-order valence-electron chi connectivity index (χ2n) is 6.71. The largest absolute Gasteiger partial charge is 0.481 e. The van der Waals surface area contributed by atoms with E-state index < -0.39 is 5.97 Å². The van der Waals surface area contributed by atoms with Gasteiger partial charge in [0, 0.05) is 23.5 Å². The Hall–Kier alpha value is -2.51. The molecule has 0 atom stereocenters. The number of carboxylic acids is 1. The number of nitrogens with one attached hydrogen (secondary N) is 3. The number of benzene rings is 1. The predicted molar refractivity (Wildman–Crippen MR) is 108 cm³/mol. The third-order valence-electron chi connectivity index (χ3n) is 3.82. The first-order valence-electron chi connectivity index (χ1n) is 8.85. The summed E-state index contributed by atoms with van der Waals surface area (Å²) in [5.74, 6) is -0.515. The highest BCUT2D eigenvalue weighted by Gasteiger charge is 2.12. The van der Waals surface area contributed by atoms with Gasteiger partial charge in [0.1, 0.15) is 5.84 Å². The Kier molecular flexibility index (Phi) is 7.69. The van der Waals surface area contributed by atoms with Gasteiger partial charge in [-0.05, 0) is 42.2 Å². The van der Waals surface area contributed by atoms with Crippen LogP contribution in [0.25, 0.3) is 0 Å². The molecular weight excluding hydrogens is 362 g/mol. The van der Waals surface area contributed by atoms with Crippen molar-refractivity contribution in [3.05, 3.63) is 57.3 Å². The summed E-state index contributed by atoms with van der Waals surface area (Å²) in [6, 6.07) is 11.1. The van der Waals surface area contributed by atoms with E-state index in [1.54, 1.807) is 18.2 Å². The predicted octanol–water partition coefficient (Wildman–Crippen LogP) is 3.27. The van der Waals surface area contributed by atoms with Gasteiger partial charge in [-0.2, -0.15) is 0 Å². The Balaban J connectivity index is 1.87. The molecule has 1 heterocycles. The van der Waals surface area contributed by atoms with E-state index in [1.165, 1.54) is 16.9 Å². The van der Waals surface area contributed by atoms with Gasteiger partial charge in [-0.3, -0.25) is 15.0 Å². The van der Waals surface area contributed by atoms with Crippen LogP contribution in [0.5, 0.6) is 0 Å². The molecule has 0 radical (unpaired) electrons. The van der Waals surface area contributed by atoms with Gasteiger partial charge in [-0.15, -0.1) is 11.3 Å². The molecule has 27 heavy (non-hydrogen) atoms. The van der Waals surface area contributed by atoms with E-state index in [-0.39, 0.29) is 18.2 Å². The number of carbonyl (C=O) groups excluding carboxylic acids is 1. The number of hydrogen-bond donors (Lipinski definition) is 4. The fourth-order valence-corrected chi connectivity index (χ4v) is 3.41. The zero-order valence-corrected chi connectivity index (χ0v) is 16.4. The molecule has 6 nitrogen and oxygen atoms in total. The van der Waals surface area contributed by atoms with Gasteiger partial charge in [0.05, 0.1) is 11.3 Å². The molecule has 7 heteroatoms. The van der Waals surface area contributed by atoms with Crippen LogP contribution in [0.1, 0.15) is 45.9 Å². The molecule has 1 aromatic heterocycles. The van der Waals surface area contributed by atoms with Gasteiger partial charge < -0.3 is 15.7 Å². The Morgan fingerprint density at radius 3 is 2.48 bits per heavy atom. The number of amides is 1. The summed E-state index contributed by atoms with van der Waals surface area (Å²) < 4.78 is 0. The number of carbonyl (C=O) groups is 2. The van der Waals surface area contributed by atoms with Crippen LogP contribution in [0.4, 0.5) is 0 Å². The van der Waals surface area contributed by atoms with E-state index in [0.717, 1.165) is 11.3 Å². The Bertz CT molecular complexity index is 797. The Labute approximate surface area is 163 Å². The van der Waals surface area contributed by atoms with E-state index in [2.05, 4.69) is 24.5 Å². The maximum absolute atomic E-state index is 12.3. The van der Waals surface area contributed by atoms with E-state index in [9.17, 15) is 9.59 Å². The van der Waals surface area contributed by atoms with Crippen molar-refractivity contribution in [2.24, 2.45) is 5.92 Å². The third kappa shape index (κ3) is 6.96. The molecule has 0 fully saturated rings. The van der Waals surface area contributed by atoms with Crippen LogP contribution in [0.2, 0.25) is 0 Å². The molecule has 4 N–H and O–H groups in total. The summed E-state index contributed by atoms with van der Waals surface area (Å²) in [4.78, 5) is 24.5. The van der Waals surface area contributed by atoms with Crippen molar-refractivity contribution < 1.29 is 14.7 Å². The van der Waals surface area contributed by atoms with Crippen LogP contribution in [-0.2, 0) is 17.8 Å². The monoisotopic (exact) mass is 387 g/mol. The maximum atomic E-state index is 12.3. The van der Waals surface area contributed by atoms with Crippen molar-refractivity contribution >= 4 is 29.0 Å². The zero-order valence-electron chi connectivity index (χ0n) is 15.5. The van der Waals surface area contributed by atoms with E-state index in [4.69, 9.17) is 10.5 Å². The molecular formula is C20H25N3O3S. The molecule has 1 aromatic carbocycles. The van der Waals surface area contributed by atoms with Crippen molar-refractivity contribution in [1.82, 2.24) is 10.6 Å². The summed E-state index contributed by atoms with van der Waals surface area (Å²) in [5.41, 5.74) is 1.72. The summed E-state index contributed by atoms with van der Waals surface area (Å²) in [5, 5.41) is 22.4. The standard InChI is InChI=1S/C20H25N3O3S/c1-13(2)11-14-3-5-15(6-4-14)20(26)23-19(21)17-8-7-16(27-17)12-22-10-9-18(24)25/h3-8,13,22H,9-12H2,1-2H3,(H,24,25)(H2,21,23,26). The number of rotatable bonds is 9.